The van der Waals surface area contributed by atoms with Gasteiger partial charge in [-0.15, -0.1) is 10.2 Å². The number of fused-ring (bicyclic) bond motifs is 1. The van der Waals surface area contributed by atoms with Gasteiger partial charge in [-0.3, -0.25) is 4.79 Å². The van der Waals surface area contributed by atoms with E-state index in [4.69, 9.17) is 0 Å². The van der Waals surface area contributed by atoms with E-state index in [1.165, 1.54) is 0 Å². The van der Waals surface area contributed by atoms with Gasteiger partial charge in [0.15, 0.2) is 12.1 Å². The van der Waals surface area contributed by atoms with E-state index in [1.54, 1.807) is 6.33 Å². The molecule has 2 aromatic heterocycles. The Hall–Kier alpha value is -2.43. The predicted octanol–water partition coefficient (Wildman–Crippen LogP) is 1.63. The monoisotopic (exact) mass is 240 g/mol. The number of nitrogens with zero attached hydrogens (tertiary/aromatic N) is 4. The van der Waals surface area contributed by atoms with E-state index in [-0.39, 0.29) is 0 Å². The first-order valence-corrected chi connectivity index (χ1v) is 5.65. The molecule has 5 nitrogen and oxygen atoms in total. The van der Waals surface area contributed by atoms with E-state index < -0.39 is 0 Å². The number of aromatic nitrogens is 4. The van der Waals surface area contributed by atoms with Crippen molar-refractivity contribution in [2.75, 3.05) is 0 Å². The van der Waals surface area contributed by atoms with Crippen molar-refractivity contribution in [3.8, 4) is 0 Å². The molecule has 0 saturated heterocycles. The number of benzene rings is 1. The van der Waals surface area contributed by atoms with E-state index in [0.29, 0.717) is 12.1 Å². The van der Waals surface area contributed by atoms with Crippen molar-refractivity contribution in [1.29, 1.82) is 0 Å². The summed E-state index contributed by atoms with van der Waals surface area (Å²) in [4.78, 5) is 11.1. The molecule has 0 radical (unpaired) electrons. The van der Waals surface area contributed by atoms with E-state index >= 15 is 0 Å². The normalized spacial score (nSPS) is 10.9. The van der Waals surface area contributed by atoms with Crippen molar-refractivity contribution in [3.05, 3.63) is 48.2 Å². The Bertz CT molecular complexity index is 711. The second-order valence-corrected chi connectivity index (χ2v) is 4.21. The zero-order valence-electron chi connectivity index (χ0n) is 9.95. The molecule has 3 aromatic rings. The number of para-hydroxylation sites is 1. The number of rotatable bonds is 3. The van der Waals surface area contributed by atoms with Crippen LogP contribution in [0.1, 0.15) is 16.2 Å². The molecule has 90 valence electrons. The number of aryl methyl sites for hydroxylation is 1. The molecule has 2 heterocycles. The maximum atomic E-state index is 11.1. The Kier molecular flexibility index (Phi) is 2.44. The Labute approximate surface area is 104 Å². The highest BCUT2D eigenvalue weighted by Gasteiger charge is 2.09. The molecule has 0 N–H and O–H groups in total. The molecular weight excluding hydrogens is 228 g/mol. The van der Waals surface area contributed by atoms with Crippen molar-refractivity contribution >= 4 is 17.2 Å². The van der Waals surface area contributed by atoms with Gasteiger partial charge in [0.1, 0.15) is 6.33 Å². The molecule has 0 saturated carbocycles. The van der Waals surface area contributed by atoms with Crippen LogP contribution in [-0.2, 0) is 13.6 Å². The molecule has 5 heteroatoms. The quantitative estimate of drug-likeness (QED) is 0.654. The van der Waals surface area contributed by atoms with Crippen LogP contribution in [0.2, 0.25) is 0 Å². The Balaban J connectivity index is 2.12. The van der Waals surface area contributed by atoms with Crippen LogP contribution in [0.25, 0.3) is 10.9 Å². The van der Waals surface area contributed by atoms with Gasteiger partial charge in [0.2, 0.25) is 0 Å². The molecule has 0 fully saturated rings. The van der Waals surface area contributed by atoms with Crippen LogP contribution in [0.3, 0.4) is 0 Å². The number of aldehydes is 1. The first kappa shape index (κ1) is 10.7. The van der Waals surface area contributed by atoms with Crippen molar-refractivity contribution in [2.45, 2.75) is 6.54 Å². The first-order valence-electron chi connectivity index (χ1n) is 5.65. The summed E-state index contributed by atoms with van der Waals surface area (Å²) in [6.07, 6.45) is 4.41. The molecule has 1 aromatic carbocycles. The molecule has 0 amide bonds. The van der Waals surface area contributed by atoms with Gasteiger partial charge in [-0.25, -0.2) is 0 Å². The van der Waals surface area contributed by atoms with Gasteiger partial charge in [-0.2, -0.15) is 0 Å². The van der Waals surface area contributed by atoms with E-state index in [1.807, 2.05) is 46.6 Å². The molecule has 0 spiro atoms. The summed E-state index contributed by atoms with van der Waals surface area (Å²) in [5.41, 5.74) is 1.73. The number of hydrogen-bond donors (Lipinski definition) is 0. The largest absolute Gasteiger partial charge is 0.339 e. The molecule has 0 atom stereocenters. The molecule has 3 rings (SSSR count). The lowest BCUT2D eigenvalue weighted by atomic mass is 10.2. The van der Waals surface area contributed by atoms with Crippen molar-refractivity contribution in [3.63, 3.8) is 0 Å². The van der Waals surface area contributed by atoms with Crippen molar-refractivity contribution < 1.29 is 4.79 Å². The topological polar surface area (TPSA) is 52.7 Å². The van der Waals surface area contributed by atoms with Gasteiger partial charge < -0.3 is 9.13 Å². The van der Waals surface area contributed by atoms with E-state index in [2.05, 4.69) is 10.2 Å². The molecule has 0 bridgehead atoms. The van der Waals surface area contributed by atoms with Gasteiger partial charge >= 0.3 is 0 Å². The lowest BCUT2D eigenvalue weighted by molar-refractivity contribution is 0.112. The molecule has 0 aliphatic carbocycles. The van der Waals surface area contributed by atoms with E-state index in [9.17, 15) is 4.79 Å². The molecular formula is C13H12N4O. The first-order chi connectivity index (χ1) is 8.79. The maximum absolute atomic E-state index is 11.1. The number of hydrogen-bond acceptors (Lipinski definition) is 3. The summed E-state index contributed by atoms with van der Waals surface area (Å²) in [7, 11) is 1.90. The summed E-state index contributed by atoms with van der Waals surface area (Å²) in [5.74, 6) is 0.855. The molecule has 0 aliphatic rings. The zero-order chi connectivity index (χ0) is 12.5. The van der Waals surface area contributed by atoms with Gasteiger partial charge in [0.25, 0.3) is 0 Å². The summed E-state index contributed by atoms with van der Waals surface area (Å²) < 4.78 is 3.89. The molecule has 18 heavy (non-hydrogen) atoms. The minimum absolute atomic E-state index is 0.602. The lowest BCUT2D eigenvalue weighted by Gasteiger charge is -2.04. The van der Waals surface area contributed by atoms with Crippen LogP contribution in [0.5, 0.6) is 0 Å². The Morgan fingerprint density at radius 1 is 1.33 bits per heavy atom. The van der Waals surface area contributed by atoms with Gasteiger partial charge in [0.05, 0.1) is 6.54 Å². The highest BCUT2D eigenvalue weighted by atomic mass is 16.1. The summed E-state index contributed by atoms with van der Waals surface area (Å²) >= 11 is 0. The van der Waals surface area contributed by atoms with Crippen LogP contribution in [0.15, 0.2) is 36.8 Å². The smallest absolute Gasteiger partial charge is 0.152 e. The fourth-order valence-electron chi connectivity index (χ4n) is 2.10. The standard InChI is InChI=1S/C13H12N4O/c1-16-9-14-15-13(16)7-17-6-10(8-18)11-4-2-3-5-12(11)17/h2-6,8-9H,7H2,1H3. The third-order valence-corrected chi connectivity index (χ3v) is 3.06. The summed E-state index contributed by atoms with van der Waals surface area (Å²) in [5, 5.41) is 8.88. The predicted molar refractivity (Wildman–Crippen MR) is 67.4 cm³/mol. The average Bonchev–Trinajstić information content (AvgIpc) is 2.95. The van der Waals surface area contributed by atoms with Crippen molar-refractivity contribution in [1.82, 2.24) is 19.3 Å². The third-order valence-electron chi connectivity index (χ3n) is 3.06. The average molecular weight is 240 g/mol. The second kappa shape index (κ2) is 4.10. The fourth-order valence-corrected chi connectivity index (χ4v) is 2.10. The summed E-state index contributed by atoms with van der Waals surface area (Å²) in [6, 6.07) is 7.84. The highest BCUT2D eigenvalue weighted by Crippen LogP contribution is 2.20. The van der Waals surface area contributed by atoms with Gasteiger partial charge in [-0.05, 0) is 6.07 Å². The maximum Gasteiger partial charge on any atom is 0.152 e. The third kappa shape index (κ3) is 1.60. The second-order valence-electron chi connectivity index (χ2n) is 4.21. The Morgan fingerprint density at radius 2 is 2.17 bits per heavy atom. The SMILES string of the molecule is Cn1cnnc1Cn1cc(C=O)c2ccccc21. The lowest BCUT2D eigenvalue weighted by Crippen LogP contribution is -2.04. The number of carbonyl (C=O) groups is 1. The van der Waals surface area contributed by atoms with Crippen molar-refractivity contribution in [2.24, 2.45) is 7.05 Å². The number of carbonyl (C=O) groups excluding carboxylic acids is 1. The molecule has 0 aliphatic heterocycles. The molecule has 0 unspecified atom stereocenters. The summed E-state index contributed by atoms with van der Waals surface area (Å²) in [6.45, 7) is 0.602. The van der Waals surface area contributed by atoms with Gasteiger partial charge in [0, 0.05) is 29.7 Å². The van der Waals surface area contributed by atoms with Gasteiger partial charge in [-0.1, -0.05) is 18.2 Å². The van der Waals surface area contributed by atoms with Crippen LogP contribution in [0, 0.1) is 0 Å². The Morgan fingerprint density at radius 3 is 2.89 bits per heavy atom. The van der Waals surface area contributed by atoms with Crippen LogP contribution in [-0.4, -0.2) is 25.6 Å². The van der Waals surface area contributed by atoms with Crippen LogP contribution < -0.4 is 0 Å². The van der Waals surface area contributed by atoms with Crippen LogP contribution in [0.4, 0.5) is 0 Å². The van der Waals surface area contributed by atoms with E-state index in [0.717, 1.165) is 23.0 Å². The minimum Gasteiger partial charge on any atom is -0.339 e. The fraction of sp³-hybridized carbons (Fsp3) is 0.154. The van der Waals surface area contributed by atoms with Crippen LogP contribution >= 0.6 is 0 Å². The zero-order valence-corrected chi connectivity index (χ0v) is 9.95. The highest BCUT2D eigenvalue weighted by molar-refractivity contribution is 5.97. The minimum atomic E-state index is 0.602.